The van der Waals surface area contributed by atoms with E-state index in [2.05, 4.69) is 5.32 Å². The first-order valence-electron chi connectivity index (χ1n) is 8.81. The molecule has 0 atom stereocenters. The topological polar surface area (TPSA) is 109 Å². The molecule has 0 bridgehead atoms. The molecule has 1 amide bonds. The van der Waals surface area contributed by atoms with Crippen LogP contribution >= 0.6 is 11.6 Å². The summed E-state index contributed by atoms with van der Waals surface area (Å²) < 4.78 is 1.45. The number of carboxylic acids is 1. The Labute approximate surface area is 171 Å². The Balaban J connectivity index is 2.12. The van der Waals surface area contributed by atoms with E-state index < -0.39 is 18.4 Å². The smallest absolute Gasteiger partial charge is 0.322 e. The lowest BCUT2D eigenvalue weighted by atomic mass is 10.1. The second-order valence-corrected chi connectivity index (χ2v) is 7.15. The summed E-state index contributed by atoms with van der Waals surface area (Å²) >= 11 is 6.06. The number of amides is 1. The van der Waals surface area contributed by atoms with Crippen LogP contribution in [0.15, 0.2) is 36.4 Å². The van der Waals surface area contributed by atoms with Gasteiger partial charge in [0.05, 0.1) is 17.0 Å². The van der Waals surface area contributed by atoms with Crippen LogP contribution in [0, 0.1) is 13.8 Å². The molecule has 3 aromatic rings. The molecule has 1 aromatic heterocycles. The van der Waals surface area contributed by atoms with E-state index in [4.69, 9.17) is 16.7 Å². The van der Waals surface area contributed by atoms with Gasteiger partial charge in [-0.25, -0.2) is 0 Å². The van der Waals surface area contributed by atoms with Crippen molar-refractivity contribution in [2.75, 3.05) is 6.54 Å². The molecule has 150 valence electrons. The van der Waals surface area contributed by atoms with Crippen LogP contribution in [0.25, 0.3) is 10.9 Å². The van der Waals surface area contributed by atoms with Crippen molar-refractivity contribution >= 4 is 40.3 Å². The zero-order chi connectivity index (χ0) is 21.3. The predicted molar refractivity (Wildman–Crippen MR) is 109 cm³/mol. The number of carbonyl (C=O) groups excluding carboxylic acids is 2. The van der Waals surface area contributed by atoms with E-state index in [-0.39, 0.29) is 23.1 Å². The van der Waals surface area contributed by atoms with Crippen molar-refractivity contribution in [1.29, 1.82) is 0 Å². The minimum Gasteiger partial charge on any atom is -0.506 e. The number of phenolic OH excluding ortho intramolecular Hbond substituents is 1. The van der Waals surface area contributed by atoms with Gasteiger partial charge in [0, 0.05) is 16.6 Å². The Morgan fingerprint density at radius 3 is 2.38 bits per heavy atom. The number of hydrogen-bond acceptors (Lipinski definition) is 4. The zero-order valence-corrected chi connectivity index (χ0v) is 16.6. The van der Waals surface area contributed by atoms with Crippen LogP contribution in [0.4, 0.5) is 0 Å². The zero-order valence-electron chi connectivity index (χ0n) is 15.8. The highest BCUT2D eigenvalue weighted by Gasteiger charge is 2.23. The van der Waals surface area contributed by atoms with Gasteiger partial charge in [-0.15, -0.1) is 0 Å². The molecule has 1 heterocycles. The van der Waals surface area contributed by atoms with Crippen molar-refractivity contribution in [3.63, 3.8) is 0 Å². The van der Waals surface area contributed by atoms with Crippen LogP contribution in [0.1, 0.15) is 27.2 Å². The number of halogens is 1. The second kappa shape index (κ2) is 7.97. The quantitative estimate of drug-likeness (QED) is 0.594. The van der Waals surface area contributed by atoms with E-state index >= 15 is 0 Å². The van der Waals surface area contributed by atoms with E-state index in [0.717, 1.165) is 5.56 Å². The number of carboxylic acid groups (broad SMARTS) is 1. The average molecular weight is 415 g/mol. The molecule has 0 fully saturated rings. The number of rotatable bonds is 5. The first-order chi connectivity index (χ1) is 13.7. The van der Waals surface area contributed by atoms with Gasteiger partial charge in [-0.1, -0.05) is 29.3 Å². The van der Waals surface area contributed by atoms with E-state index in [9.17, 15) is 19.5 Å². The Morgan fingerprint density at radius 1 is 1.10 bits per heavy atom. The van der Waals surface area contributed by atoms with Gasteiger partial charge in [-0.2, -0.15) is 0 Å². The van der Waals surface area contributed by atoms with Crippen molar-refractivity contribution in [2.45, 2.75) is 20.3 Å². The maximum atomic E-state index is 13.2. The van der Waals surface area contributed by atoms with Crippen LogP contribution in [-0.4, -0.2) is 39.1 Å². The number of aromatic hydroxyl groups is 1. The Morgan fingerprint density at radius 2 is 1.76 bits per heavy atom. The summed E-state index contributed by atoms with van der Waals surface area (Å²) in [4.78, 5) is 36.1. The van der Waals surface area contributed by atoms with Crippen molar-refractivity contribution < 1.29 is 24.6 Å². The van der Waals surface area contributed by atoms with E-state index in [1.54, 1.807) is 19.1 Å². The summed E-state index contributed by atoms with van der Waals surface area (Å²) in [6, 6.07) is 9.96. The number of benzene rings is 2. The molecule has 0 saturated carbocycles. The van der Waals surface area contributed by atoms with Crippen LogP contribution in [-0.2, 0) is 16.0 Å². The Bertz CT molecular complexity index is 1130. The monoisotopic (exact) mass is 414 g/mol. The number of nitrogens with zero attached hydrogens (tertiary/aromatic N) is 1. The van der Waals surface area contributed by atoms with E-state index in [1.165, 1.54) is 16.7 Å². The molecular weight excluding hydrogens is 396 g/mol. The lowest BCUT2D eigenvalue weighted by molar-refractivity contribution is -0.137. The molecule has 0 unspecified atom stereocenters. The number of hydrogen-bond donors (Lipinski definition) is 3. The van der Waals surface area contributed by atoms with Gasteiger partial charge < -0.3 is 15.5 Å². The number of nitrogens with one attached hydrogen (secondary N) is 1. The Hall–Kier alpha value is -3.32. The van der Waals surface area contributed by atoms with E-state index in [1.807, 2.05) is 19.1 Å². The number of aromatic nitrogens is 1. The molecule has 7 nitrogen and oxygen atoms in total. The maximum Gasteiger partial charge on any atom is 0.322 e. The summed E-state index contributed by atoms with van der Waals surface area (Å²) in [5.41, 5.74) is 2.95. The number of aryl methyl sites for hydroxylation is 1. The largest absolute Gasteiger partial charge is 0.506 e. The van der Waals surface area contributed by atoms with Gasteiger partial charge in [0.2, 0.25) is 5.91 Å². The standard InChI is InChI=1S/C21H19ClN2O5/c1-11-3-5-13(6-4-11)21(29)24-12(2)14(8-19(26)23-10-20(27)28)15-7-18(25)16(22)9-17(15)24/h3-7,9,25H,8,10H2,1-2H3,(H,23,26)(H,27,28). The number of aliphatic carboxylic acids is 1. The molecule has 0 spiro atoms. The third-order valence-corrected chi connectivity index (χ3v) is 4.98. The summed E-state index contributed by atoms with van der Waals surface area (Å²) in [5, 5.41) is 21.6. The Kier molecular flexibility index (Phi) is 5.61. The van der Waals surface area contributed by atoms with Crippen molar-refractivity contribution in [3.8, 4) is 5.75 Å². The predicted octanol–water partition coefficient (Wildman–Crippen LogP) is 3.05. The molecule has 8 heteroatoms. The fourth-order valence-corrected chi connectivity index (χ4v) is 3.35. The van der Waals surface area contributed by atoms with Crippen molar-refractivity contribution in [2.24, 2.45) is 0 Å². The molecule has 29 heavy (non-hydrogen) atoms. The van der Waals surface area contributed by atoms with Crippen LogP contribution in [0.2, 0.25) is 5.02 Å². The SMILES string of the molecule is Cc1ccc(C(=O)n2c(C)c(CC(=O)NCC(=O)O)c3cc(O)c(Cl)cc32)cc1. The van der Waals surface area contributed by atoms with Crippen molar-refractivity contribution in [3.05, 3.63) is 63.8 Å². The third-order valence-electron chi connectivity index (χ3n) is 4.68. The van der Waals surface area contributed by atoms with Crippen molar-refractivity contribution in [1.82, 2.24) is 9.88 Å². The molecule has 3 rings (SSSR count). The average Bonchev–Trinajstić information content (AvgIpc) is 2.91. The normalized spacial score (nSPS) is 10.9. The van der Waals surface area contributed by atoms with E-state index in [0.29, 0.717) is 27.7 Å². The number of fused-ring (bicyclic) bond motifs is 1. The van der Waals surface area contributed by atoms with Gasteiger partial charge in [-0.05, 0) is 43.7 Å². The van der Waals surface area contributed by atoms with Gasteiger partial charge >= 0.3 is 5.97 Å². The van der Waals surface area contributed by atoms with Gasteiger partial charge in [-0.3, -0.25) is 19.0 Å². The van der Waals surface area contributed by atoms with Crippen LogP contribution < -0.4 is 5.32 Å². The van der Waals surface area contributed by atoms with Crippen LogP contribution in [0.3, 0.4) is 0 Å². The first-order valence-corrected chi connectivity index (χ1v) is 9.19. The molecule has 0 aliphatic rings. The fraction of sp³-hybridized carbons (Fsp3) is 0.190. The van der Waals surface area contributed by atoms with Gasteiger partial charge in [0.15, 0.2) is 0 Å². The molecule has 0 aliphatic carbocycles. The molecule has 0 radical (unpaired) electrons. The highest BCUT2D eigenvalue weighted by molar-refractivity contribution is 6.33. The third kappa shape index (κ3) is 4.09. The molecule has 2 aromatic carbocycles. The highest BCUT2D eigenvalue weighted by Crippen LogP contribution is 2.35. The molecule has 3 N–H and O–H groups in total. The summed E-state index contributed by atoms with van der Waals surface area (Å²) in [5.74, 6) is -2.14. The first kappa shape index (κ1) is 20.4. The number of phenols is 1. The van der Waals surface area contributed by atoms with Gasteiger partial charge in [0.1, 0.15) is 12.3 Å². The summed E-state index contributed by atoms with van der Waals surface area (Å²) in [6.45, 7) is 3.10. The summed E-state index contributed by atoms with van der Waals surface area (Å²) in [6.07, 6.45) is -0.148. The lowest BCUT2D eigenvalue weighted by Gasteiger charge is -2.08. The fourth-order valence-electron chi connectivity index (χ4n) is 3.20. The van der Waals surface area contributed by atoms with Gasteiger partial charge in [0.25, 0.3) is 5.91 Å². The van der Waals surface area contributed by atoms with Crippen LogP contribution in [0.5, 0.6) is 5.75 Å². The molecule has 0 aliphatic heterocycles. The number of carbonyl (C=O) groups is 3. The minimum atomic E-state index is -1.16. The summed E-state index contributed by atoms with van der Waals surface area (Å²) in [7, 11) is 0. The maximum absolute atomic E-state index is 13.2. The molecular formula is C21H19ClN2O5. The molecule has 0 saturated heterocycles. The second-order valence-electron chi connectivity index (χ2n) is 6.74. The highest BCUT2D eigenvalue weighted by atomic mass is 35.5. The minimum absolute atomic E-state index is 0.0786. The lowest BCUT2D eigenvalue weighted by Crippen LogP contribution is -2.30.